The van der Waals surface area contributed by atoms with Gasteiger partial charge in [-0.1, -0.05) is 46.3 Å². The summed E-state index contributed by atoms with van der Waals surface area (Å²) >= 11 is 5.18. The SMILES string of the molecule is O=C(c1cccc(Br)c1)c1ccc2sc3ccccc3c2c1. The summed E-state index contributed by atoms with van der Waals surface area (Å²) in [5.74, 6) is 0.0541. The highest BCUT2D eigenvalue weighted by atomic mass is 79.9. The summed E-state index contributed by atoms with van der Waals surface area (Å²) in [4.78, 5) is 12.7. The van der Waals surface area contributed by atoms with E-state index in [-0.39, 0.29) is 5.78 Å². The number of ketones is 1. The van der Waals surface area contributed by atoms with Gasteiger partial charge in [0.05, 0.1) is 0 Å². The van der Waals surface area contributed by atoms with Crippen molar-refractivity contribution < 1.29 is 4.79 Å². The van der Waals surface area contributed by atoms with Crippen LogP contribution >= 0.6 is 27.3 Å². The van der Waals surface area contributed by atoms with E-state index < -0.39 is 0 Å². The predicted octanol–water partition coefficient (Wildman–Crippen LogP) is 6.05. The lowest BCUT2D eigenvalue weighted by molar-refractivity contribution is 0.103. The number of thiophene rings is 1. The molecule has 0 bridgehead atoms. The van der Waals surface area contributed by atoms with Crippen LogP contribution in [0, 0.1) is 0 Å². The summed E-state index contributed by atoms with van der Waals surface area (Å²) < 4.78 is 3.39. The summed E-state index contributed by atoms with van der Waals surface area (Å²) in [6.07, 6.45) is 0. The van der Waals surface area contributed by atoms with E-state index >= 15 is 0 Å². The lowest BCUT2D eigenvalue weighted by Gasteiger charge is -2.02. The molecule has 1 heterocycles. The third kappa shape index (κ3) is 2.27. The molecule has 0 saturated heterocycles. The van der Waals surface area contributed by atoms with Crippen molar-refractivity contribution in [3.63, 3.8) is 0 Å². The van der Waals surface area contributed by atoms with Gasteiger partial charge in [-0.2, -0.15) is 0 Å². The minimum absolute atomic E-state index is 0.0541. The lowest BCUT2D eigenvalue weighted by Crippen LogP contribution is -2.00. The Hall–Kier alpha value is -1.97. The zero-order valence-corrected chi connectivity index (χ0v) is 13.9. The number of carbonyl (C=O) groups excluding carboxylic acids is 1. The normalized spacial score (nSPS) is 11.1. The first-order chi connectivity index (χ1) is 10.7. The molecule has 0 amide bonds. The molecule has 0 aliphatic heterocycles. The van der Waals surface area contributed by atoms with Gasteiger partial charge in [-0.25, -0.2) is 0 Å². The number of rotatable bonds is 2. The molecule has 3 heteroatoms. The zero-order chi connectivity index (χ0) is 15.1. The van der Waals surface area contributed by atoms with Crippen LogP contribution in [0.15, 0.2) is 71.2 Å². The Morgan fingerprint density at radius 2 is 1.55 bits per heavy atom. The van der Waals surface area contributed by atoms with Crippen LogP contribution in [-0.4, -0.2) is 5.78 Å². The average molecular weight is 367 g/mol. The standard InChI is InChI=1S/C19H11BrOS/c20-14-5-3-4-12(10-14)19(21)13-8-9-18-16(11-13)15-6-1-2-7-17(15)22-18/h1-11H. The first kappa shape index (κ1) is 13.7. The zero-order valence-electron chi connectivity index (χ0n) is 11.5. The molecule has 1 nitrogen and oxygen atoms in total. The maximum absolute atomic E-state index is 12.7. The van der Waals surface area contributed by atoms with Gasteiger partial charge in [0.1, 0.15) is 0 Å². The molecule has 0 unspecified atom stereocenters. The van der Waals surface area contributed by atoms with E-state index in [2.05, 4.69) is 28.1 Å². The van der Waals surface area contributed by atoms with Crippen LogP contribution in [0.1, 0.15) is 15.9 Å². The molecule has 0 fully saturated rings. The molecular formula is C19H11BrOS. The van der Waals surface area contributed by atoms with Crippen molar-refractivity contribution >= 4 is 53.2 Å². The van der Waals surface area contributed by atoms with Gasteiger partial charge in [-0.3, -0.25) is 4.79 Å². The Morgan fingerprint density at radius 3 is 2.41 bits per heavy atom. The van der Waals surface area contributed by atoms with Crippen molar-refractivity contribution in [1.82, 2.24) is 0 Å². The van der Waals surface area contributed by atoms with Crippen LogP contribution in [0.25, 0.3) is 20.2 Å². The van der Waals surface area contributed by atoms with Crippen LogP contribution in [-0.2, 0) is 0 Å². The molecule has 4 aromatic rings. The molecule has 0 spiro atoms. The van der Waals surface area contributed by atoms with Gasteiger partial charge >= 0.3 is 0 Å². The quantitative estimate of drug-likeness (QED) is 0.394. The number of carbonyl (C=O) groups is 1. The van der Waals surface area contributed by atoms with Gasteiger partial charge in [-0.15, -0.1) is 11.3 Å². The van der Waals surface area contributed by atoms with Gasteiger partial charge in [0, 0.05) is 35.8 Å². The Balaban J connectivity index is 1.88. The lowest BCUT2D eigenvalue weighted by atomic mass is 10.0. The van der Waals surface area contributed by atoms with E-state index in [1.54, 1.807) is 11.3 Å². The highest BCUT2D eigenvalue weighted by Gasteiger charge is 2.12. The van der Waals surface area contributed by atoms with Crippen molar-refractivity contribution in [1.29, 1.82) is 0 Å². The van der Waals surface area contributed by atoms with Gasteiger partial charge in [0.2, 0.25) is 0 Å². The van der Waals surface area contributed by atoms with Crippen LogP contribution < -0.4 is 0 Å². The monoisotopic (exact) mass is 366 g/mol. The molecule has 3 aromatic carbocycles. The summed E-state index contributed by atoms with van der Waals surface area (Å²) in [5, 5.41) is 2.37. The van der Waals surface area contributed by atoms with E-state index in [0.29, 0.717) is 5.56 Å². The molecule has 1 aromatic heterocycles. The van der Waals surface area contributed by atoms with Crippen LogP contribution in [0.5, 0.6) is 0 Å². The number of fused-ring (bicyclic) bond motifs is 3. The molecule has 0 atom stereocenters. The second-order valence-corrected chi connectivity index (χ2v) is 7.15. The largest absolute Gasteiger partial charge is 0.289 e. The summed E-state index contributed by atoms with van der Waals surface area (Å²) in [6.45, 7) is 0. The van der Waals surface area contributed by atoms with Crippen molar-refractivity contribution in [2.24, 2.45) is 0 Å². The summed E-state index contributed by atoms with van der Waals surface area (Å²) in [7, 11) is 0. The fraction of sp³-hybridized carbons (Fsp3) is 0. The first-order valence-electron chi connectivity index (χ1n) is 6.94. The van der Waals surface area contributed by atoms with E-state index in [0.717, 1.165) is 15.4 Å². The fourth-order valence-electron chi connectivity index (χ4n) is 2.66. The number of hydrogen-bond acceptors (Lipinski definition) is 2. The molecular weight excluding hydrogens is 356 g/mol. The Bertz CT molecular complexity index is 1020. The molecule has 4 rings (SSSR count). The van der Waals surface area contributed by atoms with Crippen LogP contribution in [0.2, 0.25) is 0 Å². The average Bonchev–Trinajstić information content (AvgIpc) is 2.92. The van der Waals surface area contributed by atoms with Crippen molar-refractivity contribution in [2.45, 2.75) is 0 Å². The Labute approximate surface area is 140 Å². The number of benzene rings is 3. The highest BCUT2D eigenvalue weighted by Crippen LogP contribution is 2.34. The highest BCUT2D eigenvalue weighted by molar-refractivity contribution is 9.10. The van der Waals surface area contributed by atoms with Gasteiger partial charge in [0.15, 0.2) is 5.78 Å². The summed E-state index contributed by atoms with van der Waals surface area (Å²) in [6, 6.07) is 21.8. The van der Waals surface area contributed by atoms with Gasteiger partial charge in [-0.05, 0) is 36.4 Å². The summed E-state index contributed by atoms with van der Waals surface area (Å²) in [5.41, 5.74) is 1.43. The second-order valence-electron chi connectivity index (χ2n) is 5.15. The van der Waals surface area contributed by atoms with E-state index in [1.807, 2.05) is 54.6 Å². The third-order valence-corrected chi connectivity index (χ3v) is 5.37. The molecule has 22 heavy (non-hydrogen) atoms. The van der Waals surface area contributed by atoms with Crippen LogP contribution in [0.4, 0.5) is 0 Å². The molecule has 0 saturated carbocycles. The third-order valence-electron chi connectivity index (χ3n) is 3.73. The van der Waals surface area contributed by atoms with Crippen LogP contribution in [0.3, 0.4) is 0 Å². The van der Waals surface area contributed by atoms with Crippen molar-refractivity contribution in [2.75, 3.05) is 0 Å². The molecule has 0 aliphatic carbocycles. The maximum atomic E-state index is 12.7. The predicted molar refractivity (Wildman–Crippen MR) is 96.9 cm³/mol. The molecule has 106 valence electrons. The van der Waals surface area contributed by atoms with Gasteiger partial charge in [0.25, 0.3) is 0 Å². The fourth-order valence-corrected chi connectivity index (χ4v) is 4.15. The first-order valence-corrected chi connectivity index (χ1v) is 8.55. The minimum atomic E-state index is 0.0541. The van der Waals surface area contributed by atoms with E-state index in [4.69, 9.17) is 0 Å². The molecule has 0 radical (unpaired) electrons. The Kier molecular flexibility index (Phi) is 3.32. The number of halogens is 1. The minimum Gasteiger partial charge on any atom is -0.289 e. The number of hydrogen-bond donors (Lipinski definition) is 0. The second kappa shape index (κ2) is 5.34. The smallest absolute Gasteiger partial charge is 0.193 e. The molecule has 0 N–H and O–H groups in total. The van der Waals surface area contributed by atoms with E-state index in [1.165, 1.54) is 14.8 Å². The Morgan fingerprint density at radius 1 is 0.773 bits per heavy atom. The van der Waals surface area contributed by atoms with Crippen molar-refractivity contribution in [3.8, 4) is 0 Å². The molecule has 0 aliphatic rings. The van der Waals surface area contributed by atoms with Crippen molar-refractivity contribution in [3.05, 3.63) is 82.3 Å². The maximum Gasteiger partial charge on any atom is 0.193 e. The van der Waals surface area contributed by atoms with Gasteiger partial charge < -0.3 is 0 Å². The topological polar surface area (TPSA) is 17.1 Å². The van der Waals surface area contributed by atoms with E-state index in [9.17, 15) is 4.79 Å².